The van der Waals surface area contributed by atoms with Crippen LogP contribution in [0.3, 0.4) is 0 Å². The summed E-state index contributed by atoms with van der Waals surface area (Å²) >= 11 is 11.7. The van der Waals surface area contributed by atoms with E-state index in [0.717, 1.165) is 16.5 Å². The maximum Gasteiger partial charge on any atom is 0.408 e. The summed E-state index contributed by atoms with van der Waals surface area (Å²) in [5.74, 6) is -0.375. The first-order chi connectivity index (χ1) is 13.9. The highest BCUT2D eigenvalue weighted by Gasteiger charge is 2.37. The third-order valence-electron chi connectivity index (χ3n) is 3.58. The standard InChI is InChI=1S/C18H21ClN3O3PS3/c1-3-26(27,25-15-7-5-4-6-8-15)17(24-18(23)21-2)16(20)28-29-22-14-11-9-13(19)10-12-14/h4-12,17,20,22H,3H2,1-2H3,(H,21,23). The predicted molar refractivity (Wildman–Crippen MR) is 129 cm³/mol. The van der Waals surface area contributed by atoms with Crippen LogP contribution in [-0.4, -0.2) is 30.2 Å². The van der Waals surface area contributed by atoms with E-state index in [4.69, 9.17) is 38.1 Å². The number of carbonyl (C=O) groups excluding carboxylic acids is 1. The minimum atomic E-state index is -2.73. The molecular weight excluding hydrogens is 469 g/mol. The number of alkyl carbamates (subject to hydrolysis) is 1. The molecule has 3 N–H and O–H groups in total. The van der Waals surface area contributed by atoms with Gasteiger partial charge >= 0.3 is 6.09 Å². The second-order valence-corrected chi connectivity index (χ2v) is 12.6. The fraction of sp³-hybridized carbons (Fsp3) is 0.222. The van der Waals surface area contributed by atoms with Crippen molar-refractivity contribution in [2.45, 2.75) is 12.8 Å². The molecule has 29 heavy (non-hydrogen) atoms. The van der Waals surface area contributed by atoms with Crippen molar-refractivity contribution >= 4 is 68.3 Å². The van der Waals surface area contributed by atoms with Gasteiger partial charge in [0, 0.05) is 34.9 Å². The number of halogens is 1. The molecule has 6 nitrogen and oxygen atoms in total. The molecule has 2 aromatic rings. The van der Waals surface area contributed by atoms with E-state index in [1.165, 1.54) is 18.0 Å². The van der Waals surface area contributed by atoms with Gasteiger partial charge in [0.15, 0.2) is 6.26 Å². The molecule has 0 aliphatic rings. The van der Waals surface area contributed by atoms with Gasteiger partial charge in [0.05, 0.1) is 0 Å². The maximum absolute atomic E-state index is 11.9. The van der Waals surface area contributed by atoms with Crippen molar-refractivity contribution in [3.8, 4) is 5.75 Å². The molecule has 2 unspecified atom stereocenters. The Kier molecular flexibility index (Phi) is 9.65. The minimum absolute atomic E-state index is 0.0983. The van der Waals surface area contributed by atoms with Crippen molar-refractivity contribution in [1.29, 1.82) is 5.41 Å². The normalized spacial score (nSPS) is 13.6. The molecule has 1 amide bonds. The number of carbonyl (C=O) groups is 1. The Balaban J connectivity index is 2.11. The van der Waals surface area contributed by atoms with Crippen LogP contribution in [0, 0.1) is 5.41 Å². The lowest BCUT2D eigenvalue weighted by molar-refractivity contribution is 0.152. The Hall–Kier alpha value is -1.38. The van der Waals surface area contributed by atoms with Gasteiger partial charge in [-0.15, -0.1) is 0 Å². The zero-order valence-corrected chi connectivity index (χ0v) is 19.9. The van der Waals surface area contributed by atoms with Gasteiger partial charge in [-0.1, -0.05) is 36.7 Å². The summed E-state index contributed by atoms with van der Waals surface area (Å²) in [6.45, 7) is 1.88. The second kappa shape index (κ2) is 11.7. The van der Waals surface area contributed by atoms with Gasteiger partial charge in [-0.05, 0) is 59.0 Å². The summed E-state index contributed by atoms with van der Waals surface area (Å²) in [5, 5.41) is 11.6. The number of ether oxygens (including phenoxy) is 1. The van der Waals surface area contributed by atoms with E-state index in [2.05, 4.69) is 10.0 Å². The topological polar surface area (TPSA) is 83.4 Å². The quantitative estimate of drug-likeness (QED) is 0.127. The largest absolute Gasteiger partial charge is 0.462 e. The van der Waals surface area contributed by atoms with E-state index >= 15 is 0 Å². The van der Waals surface area contributed by atoms with Crippen LogP contribution in [-0.2, 0) is 16.5 Å². The van der Waals surface area contributed by atoms with Crippen molar-refractivity contribution in [3.05, 3.63) is 59.6 Å². The number of para-hydroxylation sites is 1. The first-order valence-electron chi connectivity index (χ1n) is 8.53. The van der Waals surface area contributed by atoms with Crippen molar-refractivity contribution < 1.29 is 14.1 Å². The van der Waals surface area contributed by atoms with E-state index in [9.17, 15) is 4.79 Å². The van der Waals surface area contributed by atoms with Crippen LogP contribution >= 0.6 is 39.6 Å². The number of benzene rings is 2. The van der Waals surface area contributed by atoms with Crippen LogP contribution in [0.15, 0.2) is 54.6 Å². The highest BCUT2D eigenvalue weighted by Crippen LogP contribution is 2.54. The van der Waals surface area contributed by atoms with E-state index in [-0.39, 0.29) is 5.04 Å². The van der Waals surface area contributed by atoms with Gasteiger partial charge in [0.25, 0.3) is 0 Å². The van der Waals surface area contributed by atoms with Crippen LogP contribution in [0.25, 0.3) is 0 Å². The van der Waals surface area contributed by atoms with Crippen molar-refractivity contribution in [2.24, 2.45) is 0 Å². The summed E-state index contributed by atoms with van der Waals surface area (Å²) in [6.07, 6.45) is -2.93. The average molecular weight is 490 g/mol. The van der Waals surface area contributed by atoms with Gasteiger partial charge in [-0.2, -0.15) is 0 Å². The molecule has 2 atom stereocenters. The molecule has 0 radical (unpaired) electrons. The third kappa shape index (κ3) is 7.42. The SMILES string of the molecule is CCP(=S)(Oc1ccccc1)C(OC(=O)NC)C(=N)SSNc1ccc(Cl)cc1. The zero-order valence-electron chi connectivity index (χ0n) is 15.8. The van der Waals surface area contributed by atoms with Crippen LogP contribution < -0.4 is 14.6 Å². The molecule has 156 valence electrons. The van der Waals surface area contributed by atoms with Crippen molar-refractivity contribution in [3.63, 3.8) is 0 Å². The molecule has 2 aromatic carbocycles. The molecule has 11 heteroatoms. The fourth-order valence-corrected chi connectivity index (χ4v) is 7.08. The number of anilines is 1. The summed E-state index contributed by atoms with van der Waals surface area (Å²) in [5.41, 5.74) is 0.832. The summed E-state index contributed by atoms with van der Waals surface area (Å²) in [4.78, 5) is 11.9. The summed E-state index contributed by atoms with van der Waals surface area (Å²) < 4.78 is 14.7. The Labute approximate surface area is 188 Å². The smallest absolute Gasteiger partial charge is 0.408 e. The Morgan fingerprint density at radius 1 is 1.24 bits per heavy atom. The van der Waals surface area contributed by atoms with Gasteiger partial charge in [-0.25, -0.2) is 4.79 Å². The van der Waals surface area contributed by atoms with Crippen molar-refractivity contribution in [1.82, 2.24) is 5.32 Å². The van der Waals surface area contributed by atoms with Crippen LogP contribution in [0.2, 0.25) is 5.02 Å². The monoisotopic (exact) mass is 489 g/mol. The van der Waals surface area contributed by atoms with Gasteiger partial charge in [-0.3, -0.25) is 5.41 Å². The van der Waals surface area contributed by atoms with Crippen LogP contribution in [0.1, 0.15) is 6.92 Å². The van der Waals surface area contributed by atoms with Gasteiger partial charge < -0.3 is 19.3 Å². The minimum Gasteiger partial charge on any atom is -0.462 e. The zero-order chi connectivity index (χ0) is 21.3. The van der Waals surface area contributed by atoms with E-state index in [1.54, 1.807) is 24.3 Å². The molecule has 0 aliphatic heterocycles. The molecule has 0 saturated carbocycles. The molecule has 0 saturated heterocycles. The van der Waals surface area contributed by atoms with E-state index < -0.39 is 18.2 Å². The van der Waals surface area contributed by atoms with Crippen LogP contribution in [0.4, 0.5) is 10.5 Å². The molecule has 0 bridgehead atoms. The first-order valence-corrected chi connectivity index (χ1v) is 14.0. The Morgan fingerprint density at radius 3 is 2.48 bits per heavy atom. The molecule has 0 fully saturated rings. The number of amides is 1. The van der Waals surface area contributed by atoms with E-state index in [1.807, 2.05) is 37.3 Å². The molecule has 0 heterocycles. The fourth-order valence-electron chi connectivity index (χ4n) is 2.08. The Morgan fingerprint density at radius 2 is 1.90 bits per heavy atom. The maximum atomic E-state index is 11.9. The molecule has 2 rings (SSSR count). The number of hydrogen-bond acceptors (Lipinski definition) is 8. The summed E-state index contributed by atoms with van der Waals surface area (Å²) in [6, 6.07) is 16.3. The van der Waals surface area contributed by atoms with E-state index in [0.29, 0.717) is 16.9 Å². The Bertz CT molecular complexity index is 872. The number of nitrogens with one attached hydrogen (secondary N) is 3. The molecular formula is C18H21ClN3O3PS3. The second-order valence-electron chi connectivity index (χ2n) is 5.59. The predicted octanol–water partition coefficient (Wildman–Crippen LogP) is 6.20. The lowest BCUT2D eigenvalue weighted by Crippen LogP contribution is -2.31. The van der Waals surface area contributed by atoms with Crippen LogP contribution in [0.5, 0.6) is 5.75 Å². The average Bonchev–Trinajstić information content (AvgIpc) is 2.73. The highest BCUT2D eigenvalue weighted by atomic mass is 35.5. The number of rotatable bonds is 9. The van der Waals surface area contributed by atoms with Crippen molar-refractivity contribution in [2.75, 3.05) is 17.9 Å². The summed E-state index contributed by atoms with van der Waals surface area (Å²) in [7, 11) is 3.80. The lowest BCUT2D eigenvalue weighted by atomic mass is 10.3. The molecule has 0 aliphatic carbocycles. The molecule has 0 spiro atoms. The highest BCUT2D eigenvalue weighted by molar-refractivity contribution is 8.82. The first kappa shape index (κ1) is 23.9. The lowest BCUT2D eigenvalue weighted by Gasteiger charge is -2.30. The van der Waals surface area contributed by atoms with Gasteiger partial charge in [0.2, 0.25) is 5.85 Å². The third-order valence-corrected chi connectivity index (χ3v) is 9.90. The molecule has 0 aromatic heterocycles. The van der Waals surface area contributed by atoms with Gasteiger partial charge in [0.1, 0.15) is 10.8 Å². The number of hydrogen-bond donors (Lipinski definition) is 3.